The Morgan fingerprint density at radius 3 is 1.74 bits per heavy atom. The van der Waals surface area contributed by atoms with Gasteiger partial charge < -0.3 is 5.11 Å². The number of carbonyl (C=O) groups is 2. The lowest BCUT2D eigenvalue weighted by Crippen LogP contribution is -2.31. The first-order valence-corrected chi connectivity index (χ1v) is 7.61. The van der Waals surface area contributed by atoms with E-state index in [1.54, 1.807) is 24.3 Å². The van der Waals surface area contributed by atoms with E-state index in [0.717, 1.165) is 16.7 Å². The van der Waals surface area contributed by atoms with Crippen molar-refractivity contribution in [1.82, 2.24) is 0 Å². The molecule has 120 valence electrons. The average Bonchev–Trinajstić information content (AvgIpc) is 2.44. The molecule has 0 atom stereocenters. The van der Waals surface area contributed by atoms with E-state index < -0.39 is 5.60 Å². The highest BCUT2D eigenvalue weighted by Crippen LogP contribution is 2.21. The van der Waals surface area contributed by atoms with E-state index >= 15 is 0 Å². The van der Waals surface area contributed by atoms with Gasteiger partial charge in [-0.1, -0.05) is 42.0 Å². The van der Waals surface area contributed by atoms with Gasteiger partial charge in [0.15, 0.2) is 11.6 Å². The summed E-state index contributed by atoms with van der Waals surface area (Å²) in [4.78, 5) is 24.8. The fraction of sp³-hybridized carbons (Fsp3) is 0.300. The second-order valence-electron chi connectivity index (χ2n) is 6.57. The smallest absolute Gasteiger partial charge is 0.193 e. The summed E-state index contributed by atoms with van der Waals surface area (Å²) in [6.07, 6.45) is 0. The van der Waals surface area contributed by atoms with Crippen LogP contribution in [-0.4, -0.2) is 22.3 Å². The van der Waals surface area contributed by atoms with Crippen LogP contribution in [0.15, 0.2) is 36.4 Å². The summed E-state index contributed by atoms with van der Waals surface area (Å²) in [6.45, 7) is 8.77. The van der Waals surface area contributed by atoms with Crippen LogP contribution in [0.3, 0.4) is 0 Å². The van der Waals surface area contributed by atoms with Crippen LogP contribution in [0.4, 0.5) is 0 Å². The van der Waals surface area contributed by atoms with Crippen LogP contribution in [0, 0.1) is 20.8 Å². The Balaban J connectivity index is 2.37. The highest BCUT2D eigenvalue weighted by Gasteiger charge is 2.25. The first-order chi connectivity index (χ1) is 10.6. The van der Waals surface area contributed by atoms with Crippen molar-refractivity contribution in [2.24, 2.45) is 0 Å². The molecule has 3 heteroatoms. The van der Waals surface area contributed by atoms with Crippen molar-refractivity contribution in [1.29, 1.82) is 0 Å². The molecule has 0 saturated heterocycles. The van der Waals surface area contributed by atoms with Gasteiger partial charge in [0.05, 0.1) is 0 Å². The topological polar surface area (TPSA) is 54.4 Å². The minimum atomic E-state index is -1.42. The Labute approximate surface area is 137 Å². The van der Waals surface area contributed by atoms with Crippen molar-refractivity contribution in [3.05, 3.63) is 69.8 Å². The second-order valence-corrected chi connectivity index (χ2v) is 6.57. The summed E-state index contributed by atoms with van der Waals surface area (Å²) in [7, 11) is 0. The predicted molar refractivity (Wildman–Crippen MR) is 91.2 cm³/mol. The molecule has 0 aromatic heterocycles. The largest absolute Gasteiger partial charge is 0.382 e. The minimum absolute atomic E-state index is 0.0535. The standard InChI is InChI=1S/C20H22O3/c1-12-10-13(2)17(14(3)11-12)18(21)15-6-8-16(9-7-15)19(22)20(4,5)23/h6-11,23H,1-5H3. The predicted octanol–water partition coefficient (Wildman–Crippen LogP) is 3.80. The van der Waals surface area contributed by atoms with Gasteiger partial charge in [0.25, 0.3) is 0 Å². The number of aliphatic hydroxyl groups is 1. The van der Waals surface area contributed by atoms with Gasteiger partial charge in [-0.25, -0.2) is 0 Å². The number of benzene rings is 2. The molecule has 3 nitrogen and oxygen atoms in total. The third-order valence-electron chi connectivity index (χ3n) is 3.87. The zero-order chi connectivity index (χ0) is 17.4. The summed E-state index contributed by atoms with van der Waals surface area (Å²) in [5.41, 5.74) is 3.24. The van der Waals surface area contributed by atoms with Crippen LogP contribution in [0.1, 0.15) is 56.8 Å². The van der Waals surface area contributed by atoms with E-state index in [1.807, 2.05) is 32.9 Å². The first kappa shape index (κ1) is 17.1. The molecule has 0 heterocycles. The van der Waals surface area contributed by atoms with Crippen LogP contribution in [0.25, 0.3) is 0 Å². The fourth-order valence-corrected chi connectivity index (χ4v) is 2.81. The zero-order valence-electron chi connectivity index (χ0n) is 14.2. The number of Topliss-reactive ketones (excluding diaryl/α,β-unsaturated/α-hetero) is 1. The van der Waals surface area contributed by atoms with Crippen LogP contribution >= 0.6 is 0 Å². The van der Waals surface area contributed by atoms with E-state index in [9.17, 15) is 14.7 Å². The number of hydrogen-bond acceptors (Lipinski definition) is 3. The van der Waals surface area contributed by atoms with E-state index in [0.29, 0.717) is 16.7 Å². The molecule has 0 fully saturated rings. The van der Waals surface area contributed by atoms with Gasteiger partial charge in [-0.05, 0) is 45.7 Å². The average molecular weight is 310 g/mol. The Morgan fingerprint density at radius 1 is 0.870 bits per heavy atom. The second kappa shape index (κ2) is 6.09. The third kappa shape index (κ3) is 3.57. The van der Waals surface area contributed by atoms with Crippen LogP contribution < -0.4 is 0 Å². The first-order valence-electron chi connectivity index (χ1n) is 7.61. The van der Waals surface area contributed by atoms with Crippen molar-refractivity contribution in [3.8, 4) is 0 Å². The molecular weight excluding hydrogens is 288 g/mol. The number of carbonyl (C=O) groups excluding carboxylic acids is 2. The monoisotopic (exact) mass is 310 g/mol. The molecule has 0 bridgehead atoms. The van der Waals surface area contributed by atoms with Crippen molar-refractivity contribution in [2.75, 3.05) is 0 Å². The van der Waals surface area contributed by atoms with Gasteiger partial charge in [0.2, 0.25) is 0 Å². The Kier molecular flexibility index (Phi) is 4.53. The zero-order valence-corrected chi connectivity index (χ0v) is 14.2. The normalized spacial score (nSPS) is 11.4. The maximum Gasteiger partial charge on any atom is 0.193 e. The Morgan fingerprint density at radius 2 is 1.30 bits per heavy atom. The SMILES string of the molecule is Cc1cc(C)c(C(=O)c2ccc(C(=O)C(C)(C)O)cc2)c(C)c1. The maximum absolute atomic E-state index is 12.7. The van der Waals surface area contributed by atoms with Crippen LogP contribution in [-0.2, 0) is 0 Å². The molecule has 0 amide bonds. The number of ketones is 2. The molecule has 0 saturated carbocycles. The Bertz CT molecular complexity index is 739. The molecule has 0 aliphatic rings. The summed E-state index contributed by atoms with van der Waals surface area (Å²) in [5.74, 6) is -0.415. The summed E-state index contributed by atoms with van der Waals surface area (Å²) >= 11 is 0. The van der Waals surface area contributed by atoms with Gasteiger partial charge in [-0.2, -0.15) is 0 Å². The molecule has 2 rings (SSSR count). The molecule has 2 aromatic rings. The molecule has 23 heavy (non-hydrogen) atoms. The summed E-state index contributed by atoms with van der Waals surface area (Å²) < 4.78 is 0. The van der Waals surface area contributed by atoms with Crippen LogP contribution in [0.5, 0.6) is 0 Å². The van der Waals surface area contributed by atoms with Crippen molar-refractivity contribution >= 4 is 11.6 Å². The lowest BCUT2D eigenvalue weighted by atomic mass is 9.91. The maximum atomic E-state index is 12.7. The third-order valence-corrected chi connectivity index (χ3v) is 3.87. The minimum Gasteiger partial charge on any atom is -0.382 e. The van der Waals surface area contributed by atoms with Gasteiger partial charge >= 0.3 is 0 Å². The number of hydrogen-bond donors (Lipinski definition) is 1. The van der Waals surface area contributed by atoms with Crippen molar-refractivity contribution in [3.63, 3.8) is 0 Å². The highest BCUT2D eigenvalue weighted by atomic mass is 16.3. The summed E-state index contributed by atoms with van der Waals surface area (Å²) in [5, 5.41) is 9.78. The molecular formula is C20H22O3. The summed E-state index contributed by atoms with van der Waals surface area (Å²) in [6, 6.07) is 10.4. The molecule has 0 unspecified atom stereocenters. The van der Waals surface area contributed by atoms with Crippen LogP contribution in [0.2, 0.25) is 0 Å². The van der Waals surface area contributed by atoms with Gasteiger partial charge in [-0.15, -0.1) is 0 Å². The number of rotatable bonds is 4. The van der Waals surface area contributed by atoms with Gasteiger partial charge in [0.1, 0.15) is 5.60 Å². The molecule has 0 aliphatic carbocycles. The van der Waals surface area contributed by atoms with Crippen molar-refractivity contribution in [2.45, 2.75) is 40.2 Å². The lowest BCUT2D eigenvalue weighted by molar-refractivity contribution is 0.0488. The van der Waals surface area contributed by atoms with E-state index in [1.165, 1.54) is 13.8 Å². The highest BCUT2D eigenvalue weighted by molar-refractivity contribution is 6.11. The lowest BCUT2D eigenvalue weighted by Gasteiger charge is -2.15. The van der Waals surface area contributed by atoms with Gasteiger partial charge in [-0.3, -0.25) is 9.59 Å². The number of aryl methyl sites for hydroxylation is 3. The molecule has 0 spiro atoms. The molecule has 0 radical (unpaired) electrons. The Hall–Kier alpha value is -2.26. The van der Waals surface area contributed by atoms with E-state index in [4.69, 9.17) is 0 Å². The molecule has 1 N–H and O–H groups in total. The van der Waals surface area contributed by atoms with Crippen molar-refractivity contribution < 1.29 is 14.7 Å². The quantitative estimate of drug-likeness (QED) is 0.874. The van der Waals surface area contributed by atoms with E-state index in [2.05, 4.69) is 0 Å². The van der Waals surface area contributed by atoms with Gasteiger partial charge in [0, 0.05) is 16.7 Å². The molecule has 0 aliphatic heterocycles. The van der Waals surface area contributed by atoms with E-state index in [-0.39, 0.29) is 11.6 Å². The fourth-order valence-electron chi connectivity index (χ4n) is 2.81. The molecule has 2 aromatic carbocycles.